The quantitative estimate of drug-likeness (QED) is 0.923. The van der Waals surface area contributed by atoms with Gasteiger partial charge in [-0.15, -0.1) is 0 Å². The van der Waals surface area contributed by atoms with E-state index in [1.165, 1.54) is 6.92 Å². The molecule has 0 spiro atoms. The number of carbonyl (C=O) groups excluding carboxylic acids is 1. The molecule has 1 atom stereocenters. The van der Waals surface area contributed by atoms with Crippen LogP contribution >= 0.6 is 0 Å². The molecule has 0 fully saturated rings. The number of benzene rings is 1. The van der Waals surface area contributed by atoms with E-state index in [1.54, 1.807) is 0 Å². The second kappa shape index (κ2) is 6.70. The van der Waals surface area contributed by atoms with E-state index in [-0.39, 0.29) is 30.6 Å². The number of alkyl halides is 3. The summed E-state index contributed by atoms with van der Waals surface area (Å²) in [4.78, 5) is 19.7. The molecule has 25 heavy (non-hydrogen) atoms. The first-order valence-corrected chi connectivity index (χ1v) is 7.73. The summed E-state index contributed by atoms with van der Waals surface area (Å²) in [6, 6.07) is 8.31. The highest BCUT2D eigenvalue weighted by molar-refractivity contribution is 5.79. The van der Waals surface area contributed by atoms with Gasteiger partial charge in [0.25, 0.3) is 0 Å². The zero-order chi connectivity index (χ0) is 18.0. The summed E-state index contributed by atoms with van der Waals surface area (Å²) >= 11 is 0. The predicted octanol–water partition coefficient (Wildman–Crippen LogP) is 2.67. The van der Waals surface area contributed by atoms with Crippen molar-refractivity contribution < 1.29 is 22.7 Å². The summed E-state index contributed by atoms with van der Waals surface area (Å²) in [6.07, 6.45) is -4.03. The summed E-state index contributed by atoms with van der Waals surface area (Å²) in [5.41, 5.74) is 0.112. The molecule has 1 aliphatic rings. The summed E-state index contributed by atoms with van der Waals surface area (Å²) in [7, 11) is 0. The van der Waals surface area contributed by atoms with E-state index < -0.39 is 17.8 Å². The van der Waals surface area contributed by atoms with E-state index >= 15 is 0 Å². The number of aromatic nitrogens is 2. The van der Waals surface area contributed by atoms with E-state index in [1.807, 2.05) is 24.3 Å². The summed E-state index contributed by atoms with van der Waals surface area (Å²) in [6.45, 7) is 1.52. The van der Waals surface area contributed by atoms with Crippen molar-refractivity contribution in [3.05, 3.63) is 53.1 Å². The lowest BCUT2D eigenvalue weighted by Crippen LogP contribution is -2.37. The van der Waals surface area contributed by atoms with Crippen molar-refractivity contribution in [2.75, 3.05) is 6.61 Å². The number of aryl methyl sites for hydroxylation is 1. The lowest BCUT2D eigenvalue weighted by molar-refractivity contribution is -0.141. The first-order chi connectivity index (χ1) is 11.8. The summed E-state index contributed by atoms with van der Waals surface area (Å²) < 4.78 is 43.9. The van der Waals surface area contributed by atoms with Gasteiger partial charge >= 0.3 is 6.18 Å². The van der Waals surface area contributed by atoms with Crippen molar-refractivity contribution in [2.24, 2.45) is 5.92 Å². The van der Waals surface area contributed by atoms with Crippen LogP contribution in [0.15, 0.2) is 30.3 Å². The van der Waals surface area contributed by atoms with Gasteiger partial charge in [0.05, 0.1) is 12.5 Å². The number of nitrogens with one attached hydrogen (secondary N) is 1. The van der Waals surface area contributed by atoms with Gasteiger partial charge in [-0.25, -0.2) is 9.97 Å². The van der Waals surface area contributed by atoms with Gasteiger partial charge in [0.15, 0.2) is 0 Å². The number of fused-ring (bicyclic) bond motifs is 1. The summed E-state index contributed by atoms with van der Waals surface area (Å²) in [5.74, 6) is -0.0175. The van der Waals surface area contributed by atoms with Gasteiger partial charge in [0.2, 0.25) is 5.91 Å². The average molecular weight is 351 g/mol. The van der Waals surface area contributed by atoms with Crippen LogP contribution in [0.3, 0.4) is 0 Å². The van der Waals surface area contributed by atoms with Crippen molar-refractivity contribution in [1.82, 2.24) is 15.3 Å². The number of ether oxygens (including phenoxy) is 1. The molecule has 1 aromatic carbocycles. The maximum Gasteiger partial charge on any atom is 0.433 e. The van der Waals surface area contributed by atoms with Crippen LogP contribution in [-0.4, -0.2) is 22.5 Å². The number of hydrogen-bond acceptors (Lipinski definition) is 4. The van der Waals surface area contributed by atoms with Gasteiger partial charge in [-0.3, -0.25) is 4.79 Å². The highest BCUT2D eigenvalue weighted by Gasteiger charge is 2.33. The normalized spacial score (nSPS) is 16.7. The Morgan fingerprint density at radius 3 is 2.84 bits per heavy atom. The number of rotatable bonds is 3. The number of amides is 1. The number of hydrogen-bond donors (Lipinski definition) is 1. The van der Waals surface area contributed by atoms with Crippen LogP contribution in [0.4, 0.5) is 13.2 Å². The Morgan fingerprint density at radius 2 is 2.08 bits per heavy atom. The molecule has 0 radical (unpaired) electrons. The van der Waals surface area contributed by atoms with Crippen LogP contribution in [0.25, 0.3) is 0 Å². The number of para-hydroxylation sites is 1. The van der Waals surface area contributed by atoms with Gasteiger partial charge in [-0.2, -0.15) is 13.2 Å². The number of carbonyl (C=O) groups is 1. The molecule has 2 aromatic rings. The Kier molecular flexibility index (Phi) is 4.61. The van der Waals surface area contributed by atoms with Crippen LogP contribution in [0.1, 0.15) is 22.8 Å². The number of nitrogens with zero attached hydrogens (tertiary/aromatic N) is 2. The molecule has 0 unspecified atom stereocenters. The Morgan fingerprint density at radius 1 is 1.32 bits per heavy atom. The lowest BCUT2D eigenvalue weighted by atomic mass is 9.96. The molecule has 0 saturated heterocycles. The second-order valence-electron chi connectivity index (χ2n) is 5.85. The molecule has 1 aromatic heterocycles. The first kappa shape index (κ1) is 17.2. The van der Waals surface area contributed by atoms with Gasteiger partial charge in [0, 0.05) is 5.69 Å². The van der Waals surface area contributed by atoms with Crippen LogP contribution < -0.4 is 10.1 Å². The van der Waals surface area contributed by atoms with Crippen LogP contribution in [-0.2, 0) is 23.9 Å². The first-order valence-electron chi connectivity index (χ1n) is 7.73. The Labute approximate surface area is 142 Å². The molecule has 0 bridgehead atoms. The topological polar surface area (TPSA) is 64.1 Å². The van der Waals surface area contributed by atoms with Crippen LogP contribution in [0.2, 0.25) is 0 Å². The van der Waals surface area contributed by atoms with Crippen molar-refractivity contribution >= 4 is 5.91 Å². The molecule has 3 rings (SSSR count). The van der Waals surface area contributed by atoms with Crippen LogP contribution in [0, 0.1) is 12.8 Å². The van der Waals surface area contributed by atoms with Crippen molar-refractivity contribution in [3.8, 4) is 5.75 Å². The third kappa shape index (κ3) is 4.07. The standard InChI is InChI=1S/C17H16F3N3O2/c1-10-6-14(17(18,19)20)23-15(22-10)8-21-16(24)12-7-11-4-2-3-5-13(11)25-9-12/h2-6,12H,7-9H2,1H3,(H,21,24)/t12-/m0/s1. The minimum Gasteiger partial charge on any atom is -0.492 e. The zero-order valence-electron chi connectivity index (χ0n) is 13.4. The smallest absolute Gasteiger partial charge is 0.433 e. The Bertz CT molecular complexity index is 793. The van der Waals surface area contributed by atoms with Gasteiger partial charge < -0.3 is 10.1 Å². The molecule has 0 aliphatic carbocycles. The third-order valence-corrected chi connectivity index (χ3v) is 3.86. The van der Waals surface area contributed by atoms with E-state index in [0.29, 0.717) is 6.42 Å². The van der Waals surface area contributed by atoms with Gasteiger partial charge in [-0.05, 0) is 31.0 Å². The summed E-state index contributed by atoms with van der Waals surface area (Å²) in [5, 5.41) is 2.59. The van der Waals surface area contributed by atoms with Gasteiger partial charge in [-0.1, -0.05) is 18.2 Å². The molecule has 1 aliphatic heterocycles. The molecule has 8 heteroatoms. The van der Waals surface area contributed by atoms with E-state index in [2.05, 4.69) is 15.3 Å². The van der Waals surface area contributed by atoms with E-state index in [9.17, 15) is 18.0 Å². The van der Waals surface area contributed by atoms with Crippen LogP contribution in [0.5, 0.6) is 5.75 Å². The maximum atomic E-state index is 12.8. The molecule has 0 saturated carbocycles. The average Bonchev–Trinajstić information content (AvgIpc) is 2.58. The SMILES string of the molecule is Cc1cc(C(F)(F)F)nc(CNC(=O)[C@@H]2COc3ccccc3C2)n1. The minimum atomic E-state index is -4.55. The fraction of sp³-hybridized carbons (Fsp3) is 0.353. The van der Waals surface area contributed by atoms with E-state index in [4.69, 9.17) is 4.74 Å². The maximum absolute atomic E-state index is 12.8. The number of halogens is 3. The third-order valence-electron chi connectivity index (χ3n) is 3.86. The Balaban J connectivity index is 1.64. The fourth-order valence-electron chi connectivity index (χ4n) is 2.66. The highest BCUT2D eigenvalue weighted by atomic mass is 19.4. The minimum absolute atomic E-state index is 0.0715. The van der Waals surface area contributed by atoms with E-state index in [0.717, 1.165) is 17.4 Å². The van der Waals surface area contributed by atoms with Crippen molar-refractivity contribution in [3.63, 3.8) is 0 Å². The molecular weight excluding hydrogens is 335 g/mol. The zero-order valence-corrected chi connectivity index (χ0v) is 13.4. The second-order valence-corrected chi connectivity index (χ2v) is 5.85. The monoisotopic (exact) mass is 351 g/mol. The van der Waals surface area contributed by atoms with Gasteiger partial charge in [0.1, 0.15) is 23.9 Å². The Hall–Kier alpha value is -2.64. The molecule has 1 amide bonds. The van der Waals surface area contributed by atoms with Crippen molar-refractivity contribution in [2.45, 2.75) is 26.1 Å². The largest absolute Gasteiger partial charge is 0.492 e. The molecule has 1 N–H and O–H groups in total. The molecule has 2 heterocycles. The fourth-order valence-corrected chi connectivity index (χ4v) is 2.66. The predicted molar refractivity (Wildman–Crippen MR) is 82.7 cm³/mol. The highest BCUT2D eigenvalue weighted by Crippen LogP contribution is 2.28. The molecule has 132 valence electrons. The molecule has 5 nitrogen and oxygen atoms in total. The lowest BCUT2D eigenvalue weighted by Gasteiger charge is -2.24. The van der Waals surface area contributed by atoms with Crippen molar-refractivity contribution in [1.29, 1.82) is 0 Å². The molecular formula is C17H16F3N3O2.